The Kier molecular flexibility index (Phi) is 6.43. The number of aliphatic hydroxyl groups excluding tert-OH is 1. The Balaban J connectivity index is 1.67. The summed E-state index contributed by atoms with van der Waals surface area (Å²) in [6, 6.07) is 18.9. The van der Waals surface area contributed by atoms with Gasteiger partial charge in [0.15, 0.2) is 5.13 Å². The number of thiazole rings is 1. The Bertz CT molecular complexity index is 1540. The molecule has 1 N–H and O–H groups in total. The van der Waals surface area contributed by atoms with Gasteiger partial charge in [-0.3, -0.25) is 14.5 Å². The second-order valence-electron chi connectivity index (χ2n) is 9.10. The fourth-order valence-corrected chi connectivity index (χ4v) is 5.49. The molecule has 1 aromatic heterocycles. The fourth-order valence-electron chi connectivity index (χ4n) is 4.40. The maximum Gasteiger partial charge on any atom is 0.301 e. The molecule has 1 unspecified atom stereocenters. The number of ketones is 1. The van der Waals surface area contributed by atoms with Crippen molar-refractivity contribution in [2.75, 3.05) is 12.0 Å². The summed E-state index contributed by atoms with van der Waals surface area (Å²) in [6.45, 7) is 5.83. The number of ether oxygens (including phenoxy) is 2. The van der Waals surface area contributed by atoms with Gasteiger partial charge in [-0.25, -0.2) is 4.98 Å². The van der Waals surface area contributed by atoms with Crippen LogP contribution in [0.5, 0.6) is 11.5 Å². The predicted molar refractivity (Wildman–Crippen MR) is 144 cm³/mol. The van der Waals surface area contributed by atoms with Gasteiger partial charge in [-0.05, 0) is 80.4 Å². The molecule has 37 heavy (non-hydrogen) atoms. The SMILES string of the molecule is COc1cccc(C2/C(=C(\O)c3ccc(OC(C)C)cc3)C(=O)C(=O)N2c2nc3ccc(C)cc3s2)c1. The smallest absolute Gasteiger partial charge is 0.301 e. The molecule has 188 valence electrons. The van der Waals surface area contributed by atoms with Crippen LogP contribution >= 0.6 is 11.3 Å². The lowest BCUT2D eigenvalue weighted by molar-refractivity contribution is -0.132. The summed E-state index contributed by atoms with van der Waals surface area (Å²) in [6.07, 6.45) is -0.00423. The van der Waals surface area contributed by atoms with E-state index in [0.29, 0.717) is 27.8 Å². The summed E-state index contributed by atoms with van der Waals surface area (Å²) in [5, 5.41) is 11.8. The van der Waals surface area contributed by atoms with E-state index in [-0.39, 0.29) is 17.4 Å². The number of methoxy groups -OCH3 is 1. The minimum absolute atomic E-state index is 0.00423. The average Bonchev–Trinajstić information content (AvgIpc) is 3.41. The van der Waals surface area contributed by atoms with Crippen LogP contribution in [-0.2, 0) is 9.59 Å². The Hall–Kier alpha value is -4.17. The van der Waals surface area contributed by atoms with Crippen molar-refractivity contribution in [3.63, 3.8) is 0 Å². The number of aliphatic hydroxyl groups is 1. The van der Waals surface area contributed by atoms with Crippen LogP contribution in [0.3, 0.4) is 0 Å². The molecule has 5 rings (SSSR count). The molecule has 1 saturated heterocycles. The number of fused-ring (bicyclic) bond motifs is 1. The van der Waals surface area contributed by atoms with Gasteiger partial charge in [0.2, 0.25) is 0 Å². The first-order valence-electron chi connectivity index (χ1n) is 11.9. The second-order valence-corrected chi connectivity index (χ2v) is 10.1. The van der Waals surface area contributed by atoms with Crippen LogP contribution in [0.2, 0.25) is 0 Å². The van der Waals surface area contributed by atoms with Crippen molar-refractivity contribution in [3.05, 3.63) is 89.0 Å². The number of benzene rings is 3. The first kappa shape index (κ1) is 24.5. The van der Waals surface area contributed by atoms with E-state index in [1.54, 1.807) is 55.6 Å². The lowest BCUT2D eigenvalue weighted by atomic mass is 9.95. The summed E-state index contributed by atoms with van der Waals surface area (Å²) >= 11 is 1.33. The van der Waals surface area contributed by atoms with Crippen molar-refractivity contribution in [1.29, 1.82) is 0 Å². The minimum atomic E-state index is -0.886. The van der Waals surface area contributed by atoms with E-state index < -0.39 is 17.7 Å². The third-order valence-electron chi connectivity index (χ3n) is 6.09. The number of aryl methyl sites for hydroxylation is 1. The molecule has 0 radical (unpaired) electrons. The van der Waals surface area contributed by atoms with Crippen molar-refractivity contribution < 1.29 is 24.2 Å². The third-order valence-corrected chi connectivity index (χ3v) is 7.11. The second kappa shape index (κ2) is 9.71. The lowest BCUT2D eigenvalue weighted by Crippen LogP contribution is -2.29. The summed E-state index contributed by atoms with van der Waals surface area (Å²) in [4.78, 5) is 32.9. The van der Waals surface area contributed by atoms with Gasteiger partial charge in [0.1, 0.15) is 17.3 Å². The van der Waals surface area contributed by atoms with Gasteiger partial charge >= 0.3 is 5.91 Å². The van der Waals surface area contributed by atoms with Gasteiger partial charge in [0.05, 0.1) is 35.0 Å². The molecule has 1 aliphatic heterocycles. The Morgan fingerprint density at radius 3 is 2.49 bits per heavy atom. The van der Waals surface area contributed by atoms with Crippen LogP contribution < -0.4 is 14.4 Å². The first-order valence-corrected chi connectivity index (χ1v) is 12.7. The number of carbonyl (C=O) groups excluding carboxylic acids is 2. The van der Waals surface area contributed by atoms with Crippen LogP contribution in [0.1, 0.15) is 36.6 Å². The Labute approximate surface area is 218 Å². The summed E-state index contributed by atoms with van der Waals surface area (Å²) in [5.74, 6) is -0.575. The molecule has 8 heteroatoms. The molecule has 4 aromatic rings. The van der Waals surface area contributed by atoms with Gasteiger partial charge < -0.3 is 14.6 Å². The molecule has 1 fully saturated rings. The van der Waals surface area contributed by atoms with E-state index >= 15 is 0 Å². The van der Waals surface area contributed by atoms with Gasteiger partial charge in [0, 0.05) is 5.56 Å². The molecule has 0 saturated carbocycles. The van der Waals surface area contributed by atoms with E-state index in [1.165, 1.54) is 16.2 Å². The van der Waals surface area contributed by atoms with Crippen LogP contribution in [0, 0.1) is 6.92 Å². The van der Waals surface area contributed by atoms with Crippen molar-refractivity contribution in [2.24, 2.45) is 0 Å². The molecular formula is C29H26N2O5S. The van der Waals surface area contributed by atoms with Crippen molar-refractivity contribution >= 4 is 44.1 Å². The molecule has 2 heterocycles. The van der Waals surface area contributed by atoms with Crippen LogP contribution in [-0.4, -0.2) is 35.0 Å². The zero-order valence-electron chi connectivity index (χ0n) is 20.9. The highest BCUT2D eigenvalue weighted by Gasteiger charge is 2.48. The molecule has 7 nitrogen and oxygen atoms in total. The van der Waals surface area contributed by atoms with E-state index in [2.05, 4.69) is 4.98 Å². The highest BCUT2D eigenvalue weighted by Crippen LogP contribution is 2.45. The summed E-state index contributed by atoms with van der Waals surface area (Å²) in [5.41, 5.74) is 2.82. The molecule has 3 aromatic carbocycles. The number of hydrogen-bond donors (Lipinski definition) is 1. The molecule has 0 aliphatic carbocycles. The highest BCUT2D eigenvalue weighted by atomic mass is 32.1. The number of amides is 1. The normalized spacial score (nSPS) is 17.1. The maximum absolute atomic E-state index is 13.5. The van der Waals surface area contributed by atoms with Gasteiger partial charge in [0.25, 0.3) is 5.78 Å². The molecule has 1 aliphatic rings. The van der Waals surface area contributed by atoms with Crippen molar-refractivity contribution in [2.45, 2.75) is 32.9 Å². The van der Waals surface area contributed by atoms with Gasteiger partial charge in [-0.15, -0.1) is 0 Å². The number of hydrogen-bond acceptors (Lipinski definition) is 7. The molecule has 0 bridgehead atoms. The molecule has 1 atom stereocenters. The highest BCUT2D eigenvalue weighted by molar-refractivity contribution is 7.22. The van der Waals surface area contributed by atoms with Gasteiger partial charge in [-0.1, -0.05) is 29.5 Å². The van der Waals surface area contributed by atoms with Crippen LogP contribution in [0.25, 0.3) is 16.0 Å². The maximum atomic E-state index is 13.5. The van der Waals surface area contributed by atoms with Crippen LogP contribution in [0.15, 0.2) is 72.3 Å². The number of rotatable bonds is 6. The average molecular weight is 515 g/mol. The zero-order chi connectivity index (χ0) is 26.3. The van der Waals surface area contributed by atoms with Crippen LogP contribution in [0.4, 0.5) is 5.13 Å². The summed E-state index contributed by atoms with van der Waals surface area (Å²) in [7, 11) is 1.55. The van der Waals surface area contributed by atoms with Crippen molar-refractivity contribution in [1.82, 2.24) is 4.98 Å². The molecule has 1 amide bonds. The number of aromatic nitrogens is 1. The monoisotopic (exact) mass is 514 g/mol. The fraction of sp³-hybridized carbons (Fsp3) is 0.207. The van der Waals surface area contributed by atoms with E-state index in [0.717, 1.165) is 15.8 Å². The number of Topliss-reactive ketones (excluding diaryl/α,β-unsaturated/α-hetero) is 1. The third kappa shape index (κ3) is 4.56. The summed E-state index contributed by atoms with van der Waals surface area (Å²) < 4.78 is 12.0. The van der Waals surface area contributed by atoms with E-state index in [4.69, 9.17) is 9.47 Å². The zero-order valence-corrected chi connectivity index (χ0v) is 21.7. The quantitative estimate of drug-likeness (QED) is 0.192. The molecule has 0 spiro atoms. The molecular weight excluding hydrogens is 488 g/mol. The standard InChI is InChI=1S/C29H26N2O5S/c1-16(2)36-20-11-9-18(10-12-20)26(32)24-25(19-6-5-7-21(15-19)35-4)31(28(34)27(24)33)29-30-22-13-8-17(3)14-23(22)37-29/h5-16,25,32H,1-4H3/b26-24+. The number of anilines is 1. The minimum Gasteiger partial charge on any atom is -0.507 e. The lowest BCUT2D eigenvalue weighted by Gasteiger charge is -2.23. The topological polar surface area (TPSA) is 89.0 Å². The first-order chi connectivity index (χ1) is 17.8. The number of carbonyl (C=O) groups is 2. The number of nitrogens with zero attached hydrogens (tertiary/aromatic N) is 2. The largest absolute Gasteiger partial charge is 0.507 e. The Morgan fingerprint density at radius 2 is 1.78 bits per heavy atom. The van der Waals surface area contributed by atoms with E-state index in [1.807, 2.05) is 39.0 Å². The predicted octanol–water partition coefficient (Wildman–Crippen LogP) is 6.03. The van der Waals surface area contributed by atoms with Crippen molar-refractivity contribution in [3.8, 4) is 11.5 Å². The van der Waals surface area contributed by atoms with Gasteiger partial charge in [-0.2, -0.15) is 0 Å². The van der Waals surface area contributed by atoms with E-state index in [9.17, 15) is 14.7 Å². The Morgan fingerprint density at radius 1 is 1.03 bits per heavy atom.